The highest BCUT2D eigenvalue weighted by atomic mass is 35.5. The fourth-order valence-corrected chi connectivity index (χ4v) is 2.99. The third-order valence-corrected chi connectivity index (χ3v) is 4.38. The molecule has 1 amide bonds. The smallest absolute Gasteiger partial charge is 0.308 e. The van der Waals surface area contributed by atoms with Crippen molar-refractivity contribution in [1.29, 1.82) is 0 Å². The van der Waals surface area contributed by atoms with E-state index in [1.165, 1.54) is 0 Å². The summed E-state index contributed by atoms with van der Waals surface area (Å²) in [6, 6.07) is 6.91. The van der Waals surface area contributed by atoms with E-state index in [4.69, 9.17) is 16.3 Å². The number of carbonyl (C=O) groups is 2. The summed E-state index contributed by atoms with van der Waals surface area (Å²) in [5, 5.41) is 9.75. The molecule has 0 bridgehead atoms. The number of aliphatic carboxylic acids is 1. The van der Waals surface area contributed by atoms with Crippen molar-refractivity contribution in [3.63, 3.8) is 0 Å². The van der Waals surface area contributed by atoms with Gasteiger partial charge in [-0.25, -0.2) is 0 Å². The number of hydrogen-bond acceptors (Lipinski definition) is 3. The number of carbonyl (C=O) groups excluding carboxylic acids is 1. The van der Waals surface area contributed by atoms with E-state index in [0.29, 0.717) is 17.3 Å². The Morgan fingerprint density at radius 1 is 1.35 bits per heavy atom. The minimum absolute atomic E-state index is 0.0411. The van der Waals surface area contributed by atoms with Crippen LogP contribution in [0.25, 0.3) is 0 Å². The van der Waals surface area contributed by atoms with Gasteiger partial charge in [0.15, 0.2) is 6.10 Å². The first-order valence-electron chi connectivity index (χ1n) is 7.73. The largest absolute Gasteiger partial charge is 0.481 e. The second kappa shape index (κ2) is 7.21. The molecule has 3 atom stereocenters. The maximum atomic E-state index is 12.8. The van der Waals surface area contributed by atoms with Gasteiger partial charge in [-0.3, -0.25) is 9.59 Å². The minimum Gasteiger partial charge on any atom is -0.481 e. The zero-order valence-electron chi connectivity index (χ0n) is 13.5. The van der Waals surface area contributed by atoms with E-state index < -0.39 is 18.0 Å². The highest BCUT2D eigenvalue weighted by molar-refractivity contribution is 6.30. The number of amides is 1. The number of ether oxygens (including phenoxy) is 1. The van der Waals surface area contributed by atoms with Gasteiger partial charge >= 0.3 is 5.97 Å². The number of hydrogen-bond donors (Lipinski definition) is 1. The highest BCUT2D eigenvalue weighted by Crippen LogP contribution is 2.26. The van der Waals surface area contributed by atoms with Crippen LogP contribution in [0.15, 0.2) is 24.3 Å². The third-order valence-electron chi connectivity index (χ3n) is 4.15. The quantitative estimate of drug-likeness (QED) is 0.895. The Bertz CT molecular complexity index is 590. The second-order valence-electron chi connectivity index (χ2n) is 6.41. The number of likely N-dealkylation sites (tertiary alicyclic amines) is 1. The number of carboxylic acid groups (broad SMARTS) is 1. The van der Waals surface area contributed by atoms with Gasteiger partial charge in [-0.1, -0.05) is 38.4 Å². The fraction of sp³-hybridized carbons (Fsp3) is 0.529. The molecule has 0 saturated carbocycles. The highest BCUT2D eigenvalue weighted by Gasteiger charge is 2.40. The summed E-state index contributed by atoms with van der Waals surface area (Å²) in [4.78, 5) is 25.6. The van der Waals surface area contributed by atoms with Crippen molar-refractivity contribution < 1.29 is 19.4 Å². The van der Waals surface area contributed by atoms with Crippen LogP contribution < -0.4 is 4.74 Å². The van der Waals surface area contributed by atoms with E-state index in [2.05, 4.69) is 0 Å². The summed E-state index contributed by atoms with van der Waals surface area (Å²) in [7, 11) is 0. The molecule has 0 aromatic heterocycles. The van der Waals surface area contributed by atoms with Gasteiger partial charge in [0.25, 0.3) is 5.91 Å². The van der Waals surface area contributed by atoms with Crippen LogP contribution in [-0.4, -0.2) is 41.1 Å². The maximum absolute atomic E-state index is 12.8. The molecule has 2 rings (SSSR count). The van der Waals surface area contributed by atoms with Crippen LogP contribution in [0.3, 0.4) is 0 Å². The van der Waals surface area contributed by atoms with Crippen molar-refractivity contribution >= 4 is 23.5 Å². The predicted molar refractivity (Wildman–Crippen MR) is 87.6 cm³/mol. The van der Waals surface area contributed by atoms with E-state index in [-0.39, 0.29) is 24.3 Å². The molecule has 1 unspecified atom stereocenters. The third kappa shape index (κ3) is 4.16. The average Bonchev–Trinajstić information content (AvgIpc) is 2.86. The molecular weight excluding hydrogens is 318 g/mol. The Morgan fingerprint density at radius 2 is 2.04 bits per heavy atom. The number of nitrogens with zero attached hydrogens (tertiary/aromatic N) is 1. The van der Waals surface area contributed by atoms with Gasteiger partial charge in [0, 0.05) is 18.1 Å². The Kier molecular flexibility index (Phi) is 5.52. The first-order chi connectivity index (χ1) is 10.8. The summed E-state index contributed by atoms with van der Waals surface area (Å²) in [6.07, 6.45) is -0.659. The van der Waals surface area contributed by atoms with Crippen molar-refractivity contribution in [2.45, 2.75) is 26.9 Å². The second-order valence-corrected chi connectivity index (χ2v) is 6.84. The molecule has 126 valence electrons. The zero-order valence-corrected chi connectivity index (χ0v) is 14.3. The number of benzene rings is 1. The Morgan fingerprint density at radius 3 is 2.57 bits per heavy atom. The summed E-state index contributed by atoms with van der Waals surface area (Å²) in [5.74, 6) is -1.11. The molecule has 1 fully saturated rings. The molecule has 1 N–H and O–H groups in total. The molecule has 1 aliphatic heterocycles. The molecule has 0 spiro atoms. The molecule has 1 saturated heterocycles. The van der Waals surface area contributed by atoms with Crippen LogP contribution in [0.4, 0.5) is 0 Å². The molecule has 5 nitrogen and oxygen atoms in total. The lowest BCUT2D eigenvalue weighted by Crippen LogP contribution is -2.44. The molecule has 1 aliphatic rings. The van der Waals surface area contributed by atoms with Crippen LogP contribution >= 0.6 is 11.6 Å². The lowest BCUT2D eigenvalue weighted by Gasteiger charge is -2.27. The van der Waals surface area contributed by atoms with E-state index in [9.17, 15) is 14.7 Å². The zero-order chi connectivity index (χ0) is 17.1. The predicted octanol–water partition coefficient (Wildman–Crippen LogP) is 2.92. The minimum atomic E-state index is -0.857. The number of halogens is 1. The molecule has 23 heavy (non-hydrogen) atoms. The Labute approximate surface area is 141 Å². The molecule has 0 aliphatic carbocycles. The fourth-order valence-electron chi connectivity index (χ4n) is 2.81. The van der Waals surface area contributed by atoms with Crippen molar-refractivity contribution in [2.75, 3.05) is 13.1 Å². The summed E-state index contributed by atoms with van der Waals surface area (Å²) in [5.41, 5.74) is 0. The van der Waals surface area contributed by atoms with Crippen molar-refractivity contribution in [3.05, 3.63) is 29.3 Å². The average molecular weight is 340 g/mol. The lowest BCUT2D eigenvalue weighted by atomic mass is 9.99. The summed E-state index contributed by atoms with van der Waals surface area (Å²) >= 11 is 5.95. The summed E-state index contributed by atoms with van der Waals surface area (Å²) in [6.45, 7) is 6.34. The van der Waals surface area contributed by atoms with E-state index in [1.807, 2.05) is 20.8 Å². The molecule has 1 aromatic rings. The molecular formula is C17H22ClNO4. The van der Waals surface area contributed by atoms with Crippen LogP contribution in [-0.2, 0) is 9.59 Å². The first kappa shape index (κ1) is 17.6. The van der Waals surface area contributed by atoms with Gasteiger partial charge in [0.2, 0.25) is 0 Å². The van der Waals surface area contributed by atoms with E-state index >= 15 is 0 Å². The van der Waals surface area contributed by atoms with Gasteiger partial charge in [-0.2, -0.15) is 0 Å². The van der Waals surface area contributed by atoms with Gasteiger partial charge in [-0.05, 0) is 30.0 Å². The van der Waals surface area contributed by atoms with Crippen molar-refractivity contribution in [3.8, 4) is 5.75 Å². The number of carboxylic acids is 1. The normalized spacial score (nSPS) is 22.2. The van der Waals surface area contributed by atoms with Gasteiger partial charge < -0.3 is 14.7 Å². The lowest BCUT2D eigenvalue weighted by molar-refractivity contribution is -0.143. The molecule has 1 heterocycles. The van der Waals surface area contributed by atoms with E-state index in [1.54, 1.807) is 29.2 Å². The maximum Gasteiger partial charge on any atom is 0.308 e. The van der Waals surface area contributed by atoms with Crippen molar-refractivity contribution in [1.82, 2.24) is 4.90 Å². The first-order valence-corrected chi connectivity index (χ1v) is 8.11. The molecule has 1 aromatic carbocycles. The van der Waals surface area contributed by atoms with Gasteiger partial charge in [0.1, 0.15) is 5.75 Å². The van der Waals surface area contributed by atoms with E-state index in [0.717, 1.165) is 0 Å². The van der Waals surface area contributed by atoms with Crippen LogP contribution in [0, 0.1) is 17.8 Å². The SMILES string of the molecule is CC(C)C(Oc1cccc(Cl)c1)C(=O)N1C[C@@H](C)[C@H](C(=O)O)C1. The number of rotatable bonds is 5. The van der Waals surface area contributed by atoms with Gasteiger partial charge in [0.05, 0.1) is 5.92 Å². The van der Waals surface area contributed by atoms with Crippen LogP contribution in [0.2, 0.25) is 5.02 Å². The Balaban J connectivity index is 2.12. The topological polar surface area (TPSA) is 66.8 Å². The Hall–Kier alpha value is -1.75. The summed E-state index contributed by atoms with van der Waals surface area (Å²) < 4.78 is 5.84. The van der Waals surface area contributed by atoms with Crippen LogP contribution in [0.1, 0.15) is 20.8 Å². The van der Waals surface area contributed by atoms with Crippen LogP contribution in [0.5, 0.6) is 5.75 Å². The molecule has 6 heteroatoms. The standard InChI is InChI=1S/C17H22ClNO4/c1-10(2)15(23-13-6-4-5-12(18)7-13)16(20)19-8-11(3)14(9-19)17(21)22/h4-7,10-11,14-15H,8-9H2,1-3H3,(H,21,22)/t11-,14-,15?/m1/s1. The molecule has 0 radical (unpaired) electrons. The monoisotopic (exact) mass is 339 g/mol. The van der Waals surface area contributed by atoms with Gasteiger partial charge in [-0.15, -0.1) is 0 Å². The van der Waals surface area contributed by atoms with Crippen molar-refractivity contribution in [2.24, 2.45) is 17.8 Å².